The van der Waals surface area contributed by atoms with Crippen molar-refractivity contribution >= 4 is 24.0 Å². The van der Waals surface area contributed by atoms with Gasteiger partial charge in [0.2, 0.25) is 0 Å². The van der Waals surface area contributed by atoms with Crippen LogP contribution >= 0.6 is 24.0 Å². The van der Waals surface area contributed by atoms with Gasteiger partial charge in [-0.1, -0.05) is 0 Å². The van der Waals surface area contributed by atoms with Crippen molar-refractivity contribution in [1.82, 2.24) is 0 Å². The molecule has 82 valence electrons. The second kappa shape index (κ2) is 4.91. The third-order valence-electron chi connectivity index (χ3n) is 1.41. The smallest absolute Gasteiger partial charge is 0.391 e. The third kappa shape index (κ3) is 4.21. The SMILES string of the molecule is Cl.N[C@H](CC(F)(F)F)c1ccc(Cl)o1. The van der Waals surface area contributed by atoms with Crippen molar-refractivity contribution in [1.29, 1.82) is 0 Å². The van der Waals surface area contributed by atoms with Crippen LogP contribution in [0.1, 0.15) is 18.2 Å². The molecule has 0 spiro atoms. The van der Waals surface area contributed by atoms with Crippen molar-refractivity contribution in [2.45, 2.75) is 18.6 Å². The van der Waals surface area contributed by atoms with Crippen LogP contribution in [0.25, 0.3) is 0 Å². The van der Waals surface area contributed by atoms with E-state index < -0.39 is 18.6 Å². The maximum Gasteiger partial charge on any atom is 0.391 e. The van der Waals surface area contributed by atoms with Crippen molar-refractivity contribution in [3.8, 4) is 0 Å². The fourth-order valence-electron chi connectivity index (χ4n) is 0.878. The van der Waals surface area contributed by atoms with E-state index in [9.17, 15) is 13.2 Å². The van der Waals surface area contributed by atoms with Gasteiger partial charge in [0.25, 0.3) is 0 Å². The number of furan rings is 1. The van der Waals surface area contributed by atoms with Crippen LogP contribution in [0.15, 0.2) is 16.5 Å². The Morgan fingerprint density at radius 3 is 2.36 bits per heavy atom. The Balaban J connectivity index is 0.00000169. The number of alkyl halides is 3. The summed E-state index contributed by atoms with van der Waals surface area (Å²) in [5.74, 6) is 0.0438. The lowest BCUT2D eigenvalue weighted by molar-refractivity contribution is -0.139. The lowest BCUT2D eigenvalue weighted by atomic mass is 10.2. The second-order valence-corrected chi connectivity index (χ2v) is 2.94. The molecule has 0 unspecified atom stereocenters. The molecule has 0 aliphatic heterocycles. The third-order valence-corrected chi connectivity index (χ3v) is 1.61. The van der Waals surface area contributed by atoms with Crippen molar-refractivity contribution in [2.75, 3.05) is 0 Å². The van der Waals surface area contributed by atoms with Gasteiger partial charge in [-0.05, 0) is 23.7 Å². The number of hydrogen-bond acceptors (Lipinski definition) is 2. The predicted molar refractivity (Wildman–Crippen MR) is 48.6 cm³/mol. The highest BCUT2D eigenvalue weighted by molar-refractivity contribution is 6.28. The van der Waals surface area contributed by atoms with E-state index in [1.807, 2.05) is 0 Å². The van der Waals surface area contributed by atoms with E-state index in [4.69, 9.17) is 21.8 Å². The first kappa shape index (κ1) is 13.6. The molecule has 0 aromatic carbocycles. The van der Waals surface area contributed by atoms with Gasteiger partial charge in [-0.2, -0.15) is 13.2 Å². The molecule has 0 aliphatic carbocycles. The number of rotatable bonds is 2. The van der Waals surface area contributed by atoms with Gasteiger partial charge < -0.3 is 10.2 Å². The lowest BCUT2D eigenvalue weighted by Crippen LogP contribution is -2.19. The fraction of sp³-hybridized carbons (Fsp3) is 0.429. The first-order valence-corrected chi connectivity index (χ1v) is 3.84. The Kier molecular flexibility index (Phi) is 4.77. The van der Waals surface area contributed by atoms with Gasteiger partial charge in [-0.15, -0.1) is 12.4 Å². The molecule has 1 heterocycles. The van der Waals surface area contributed by atoms with E-state index in [1.54, 1.807) is 0 Å². The van der Waals surface area contributed by atoms with Gasteiger partial charge in [-0.3, -0.25) is 0 Å². The summed E-state index contributed by atoms with van der Waals surface area (Å²) in [5.41, 5.74) is 5.22. The Labute approximate surface area is 89.6 Å². The standard InChI is InChI=1S/C7H7ClF3NO.ClH/c8-6-2-1-5(13-6)4(12)3-7(9,10)11;/h1-2,4H,3,12H2;1H/t4-;/m1./s1. The first-order valence-electron chi connectivity index (χ1n) is 3.46. The van der Waals surface area contributed by atoms with Crippen LogP contribution in [-0.2, 0) is 0 Å². The lowest BCUT2D eigenvalue weighted by Gasteiger charge is -2.10. The molecule has 1 rings (SSSR count). The molecule has 0 bridgehead atoms. The topological polar surface area (TPSA) is 39.2 Å². The van der Waals surface area contributed by atoms with Gasteiger partial charge in [0.1, 0.15) is 5.76 Å². The molecule has 0 amide bonds. The van der Waals surface area contributed by atoms with Crippen LogP contribution in [0.4, 0.5) is 13.2 Å². The summed E-state index contributed by atoms with van der Waals surface area (Å²) in [6, 6.07) is 1.50. The minimum atomic E-state index is -4.29. The number of hydrogen-bond donors (Lipinski definition) is 1. The summed E-state index contributed by atoms with van der Waals surface area (Å²) in [4.78, 5) is 0. The van der Waals surface area contributed by atoms with Crippen LogP contribution in [0.2, 0.25) is 5.22 Å². The zero-order chi connectivity index (χ0) is 10.1. The van der Waals surface area contributed by atoms with Gasteiger partial charge in [0.15, 0.2) is 5.22 Å². The summed E-state index contributed by atoms with van der Waals surface area (Å²) < 4.78 is 40.3. The Morgan fingerprint density at radius 2 is 2.00 bits per heavy atom. The van der Waals surface area contributed by atoms with Gasteiger partial charge in [0, 0.05) is 0 Å². The minimum Gasteiger partial charge on any atom is -0.448 e. The Morgan fingerprint density at radius 1 is 1.43 bits per heavy atom. The van der Waals surface area contributed by atoms with E-state index in [2.05, 4.69) is 0 Å². The Bertz CT molecular complexity index is 287. The van der Waals surface area contributed by atoms with E-state index in [1.165, 1.54) is 12.1 Å². The highest BCUT2D eigenvalue weighted by Crippen LogP contribution is 2.29. The molecule has 2 N–H and O–H groups in total. The average molecular weight is 250 g/mol. The van der Waals surface area contributed by atoms with Crippen LogP contribution in [0.5, 0.6) is 0 Å². The molecule has 14 heavy (non-hydrogen) atoms. The molecule has 0 saturated heterocycles. The summed E-state index contributed by atoms with van der Waals surface area (Å²) in [6.07, 6.45) is -5.41. The molecule has 0 aliphatic rings. The second-order valence-electron chi connectivity index (χ2n) is 2.57. The largest absolute Gasteiger partial charge is 0.448 e. The fourth-order valence-corrected chi connectivity index (χ4v) is 1.03. The van der Waals surface area contributed by atoms with Crippen LogP contribution in [-0.4, -0.2) is 6.18 Å². The molecule has 0 fully saturated rings. The average Bonchev–Trinajstić information content (AvgIpc) is 2.31. The zero-order valence-corrected chi connectivity index (χ0v) is 8.42. The maximum atomic E-state index is 11.8. The summed E-state index contributed by atoms with van der Waals surface area (Å²) in [7, 11) is 0. The highest BCUT2D eigenvalue weighted by Gasteiger charge is 2.32. The highest BCUT2D eigenvalue weighted by atomic mass is 35.5. The van der Waals surface area contributed by atoms with E-state index in [0.29, 0.717) is 0 Å². The van der Waals surface area contributed by atoms with Crippen molar-refractivity contribution in [3.05, 3.63) is 23.1 Å². The molecular formula is C7H8Cl2F3NO. The molecule has 2 nitrogen and oxygen atoms in total. The minimum absolute atomic E-state index is 0. The first-order chi connectivity index (χ1) is 5.88. The molecule has 1 aromatic heterocycles. The van der Waals surface area contributed by atoms with E-state index in [0.717, 1.165) is 0 Å². The quantitative estimate of drug-likeness (QED) is 0.874. The van der Waals surface area contributed by atoms with Crippen LogP contribution in [0.3, 0.4) is 0 Å². The number of nitrogens with two attached hydrogens (primary N) is 1. The molecule has 7 heteroatoms. The van der Waals surface area contributed by atoms with Crippen molar-refractivity contribution < 1.29 is 17.6 Å². The number of halogens is 5. The molecule has 1 atom stereocenters. The monoisotopic (exact) mass is 249 g/mol. The summed E-state index contributed by atoms with van der Waals surface area (Å²) in [5, 5.41) is 0.0348. The van der Waals surface area contributed by atoms with Crippen molar-refractivity contribution in [2.24, 2.45) is 5.73 Å². The maximum absolute atomic E-state index is 11.8. The Hall–Kier alpha value is -0.390. The molecule has 0 radical (unpaired) electrons. The van der Waals surface area contributed by atoms with E-state index >= 15 is 0 Å². The van der Waals surface area contributed by atoms with Crippen LogP contribution < -0.4 is 5.73 Å². The molecule has 1 aromatic rings. The van der Waals surface area contributed by atoms with Crippen LogP contribution in [0, 0.1) is 0 Å². The summed E-state index contributed by atoms with van der Waals surface area (Å²) >= 11 is 5.37. The molecule has 0 saturated carbocycles. The van der Waals surface area contributed by atoms with Gasteiger partial charge >= 0.3 is 6.18 Å². The molecular weight excluding hydrogens is 242 g/mol. The zero-order valence-electron chi connectivity index (χ0n) is 6.84. The van der Waals surface area contributed by atoms with Crippen molar-refractivity contribution in [3.63, 3.8) is 0 Å². The normalized spacial score (nSPS) is 13.5. The van der Waals surface area contributed by atoms with Gasteiger partial charge in [0.05, 0.1) is 12.5 Å². The van der Waals surface area contributed by atoms with E-state index in [-0.39, 0.29) is 23.4 Å². The van der Waals surface area contributed by atoms with Gasteiger partial charge in [-0.25, -0.2) is 0 Å². The summed E-state index contributed by atoms with van der Waals surface area (Å²) in [6.45, 7) is 0. The predicted octanol–water partition coefficient (Wildman–Crippen LogP) is 3.31.